The molecule has 7 heteroatoms. The lowest BCUT2D eigenvalue weighted by molar-refractivity contribution is 0.131. The summed E-state index contributed by atoms with van der Waals surface area (Å²) in [6.45, 7) is 12.5. The van der Waals surface area contributed by atoms with E-state index in [4.69, 9.17) is 4.74 Å². The number of methoxy groups -OCH3 is 1. The van der Waals surface area contributed by atoms with Crippen molar-refractivity contribution in [1.82, 2.24) is 20.4 Å². The van der Waals surface area contributed by atoms with Crippen LogP contribution >= 0.6 is 24.0 Å². The minimum absolute atomic E-state index is 0. The van der Waals surface area contributed by atoms with E-state index in [2.05, 4.69) is 81.7 Å². The maximum absolute atomic E-state index is 5.52. The van der Waals surface area contributed by atoms with Crippen molar-refractivity contribution >= 4 is 29.9 Å². The Labute approximate surface area is 210 Å². The second kappa shape index (κ2) is 13.6. The summed E-state index contributed by atoms with van der Waals surface area (Å²) in [7, 11) is 3.52. The van der Waals surface area contributed by atoms with Crippen molar-refractivity contribution in [3.8, 4) is 5.75 Å². The van der Waals surface area contributed by atoms with Gasteiger partial charge in [0.05, 0.1) is 7.11 Å². The molecule has 32 heavy (non-hydrogen) atoms. The predicted octanol–water partition coefficient (Wildman–Crippen LogP) is 3.62. The zero-order valence-electron chi connectivity index (χ0n) is 19.9. The molecule has 2 aromatic carbocycles. The van der Waals surface area contributed by atoms with E-state index in [0.29, 0.717) is 6.54 Å². The summed E-state index contributed by atoms with van der Waals surface area (Å²) in [5, 5.41) is 6.88. The van der Waals surface area contributed by atoms with Gasteiger partial charge >= 0.3 is 0 Å². The second-order valence-corrected chi connectivity index (χ2v) is 8.07. The van der Waals surface area contributed by atoms with E-state index in [9.17, 15) is 0 Å². The van der Waals surface area contributed by atoms with Gasteiger partial charge in [0, 0.05) is 58.4 Å². The third kappa shape index (κ3) is 7.64. The Morgan fingerprint density at radius 1 is 0.938 bits per heavy atom. The largest absolute Gasteiger partial charge is 0.496 e. The van der Waals surface area contributed by atoms with Crippen LogP contribution in [0.2, 0.25) is 0 Å². The number of nitrogens with zero attached hydrogens (tertiary/aromatic N) is 3. The van der Waals surface area contributed by atoms with Crippen LogP contribution < -0.4 is 15.4 Å². The fourth-order valence-corrected chi connectivity index (χ4v) is 3.97. The number of benzene rings is 2. The lowest BCUT2D eigenvalue weighted by Crippen LogP contribution is -2.45. The molecule has 0 unspecified atom stereocenters. The van der Waals surface area contributed by atoms with Gasteiger partial charge in [0.15, 0.2) is 5.96 Å². The molecule has 0 aliphatic carbocycles. The first-order valence-electron chi connectivity index (χ1n) is 11.2. The molecule has 0 spiro atoms. The average Bonchev–Trinajstić information content (AvgIpc) is 2.81. The first-order chi connectivity index (χ1) is 15.1. The Morgan fingerprint density at radius 2 is 1.56 bits per heavy atom. The highest BCUT2D eigenvalue weighted by molar-refractivity contribution is 14.0. The molecule has 0 bridgehead atoms. The van der Waals surface area contributed by atoms with Gasteiger partial charge in [0.25, 0.3) is 0 Å². The Hall–Kier alpha value is -1.84. The molecule has 0 aromatic heterocycles. The number of rotatable bonds is 8. The van der Waals surface area contributed by atoms with Crippen molar-refractivity contribution in [3.63, 3.8) is 0 Å². The topological polar surface area (TPSA) is 52.1 Å². The normalized spacial score (nSPS) is 15.2. The lowest BCUT2D eigenvalue weighted by Gasteiger charge is -2.34. The van der Waals surface area contributed by atoms with Crippen molar-refractivity contribution in [3.05, 3.63) is 64.7 Å². The van der Waals surface area contributed by atoms with Crippen LogP contribution in [0, 0.1) is 6.92 Å². The highest BCUT2D eigenvalue weighted by atomic mass is 127. The third-order valence-electron chi connectivity index (χ3n) is 5.98. The molecule has 0 amide bonds. The molecule has 176 valence electrons. The molecule has 3 rings (SSSR count). The molecule has 0 atom stereocenters. The van der Waals surface area contributed by atoms with E-state index >= 15 is 0 Å². The molecule has 1 fully saturated rings. The van der Waals surface area contributed by atoms with Crippen LogP contribution in [0.3, 0.4) is 0 Å². The minimum Gasteiger partial charge on any atom is -0.496 e. The fourth-order valence-electron chi connectivity index (χ4n) is 3.97. The maximum atomic E-state index is 5.52. The zero-order chi connectivity index (χ0) is 22.1. The average molecular weight is 552 g/mol. The molecule has 6 nitrogen and oxygen atoms in total. The van der Waals surface area contributed by atoms with Crippen LogP contribution in [0.1, 0.15) is 29.2 Å². The van der Waals surface area contributed by atoms with E-state index in [1.54, 1.807) is 14.2 Å². The van der Waals surface area contributed by atoms with Crippen molar-refractivity contribution in [2.75, 3.05) is 46.9 Å². The molecule has 0 saturated carbocycles. The number of hydrogen-bond acceptors (Lipinski definition) is 4. The minimum atomic E-state index is 0. The van der Waals surface area contributed by atoms with Gasteiger partial charge < -0.3 is 20.3 Å². The second-order valence-electron chi connectivity index (χ2n) is 8.07. The molecular formula is C25H38IN5O. The number of ether oxygens (including phenoxy) is 1. The summed E-state index contributed by atoms with van der Waals surface area (Å²) in [5.74, 6) is 1.69. The number of aliphatic imine (C=N–C) groups is 1. The molecule has 0 radical (unpaired) electrons. The summed E-state index contributed by atoms with van der Waals surface area (Å²) in [6, 6.07) is 15.0. The summed E-state index contributed by atoms with van der Waals surface area (Å²) in [6.07, 6.45) is 0. The number of likely N-dealkylation sites (N-methyl/N-ethyl adjacent to an activating group) is 1. The van der Waals surface area contributed by atoms with Gasteiger partial charge in [-0.05, 0) is 36.2 Å². The number of guanidine groups is 1. The summed E-state index contributed by atoms with van der Waals surface area (Å²) >= 11 is 0. The number of aryl methyl sites for hydroxylation is 1. The van der Waals surface area contributed by atoms with Crippen molar-refractivity contribution < 1.29 is 4.74 Å². The first-order valence-corrected chi connectivity index (χ1v) is 11.2. The van der Waals surface area contributed by atoms with Crippen LogP contribution in [0.25, 0.3) is 0 Å². The Kier molecular flexibility index (Phi) is 11.3. The molecule has 2 aromatic rings. The van der Waals surface area contributed by atoms with Crippen LogP contribution in [0.15, 0.2) is 47.5 Å². The molecule has 1 aliphatic rings. The first kappa shape index (κ1) is 26.4. The van der Waals surface area contributed by atoms with Crippen LogP contribution in [0.5, 0.6) is 5.75 Å². The van der Waals surface area contributed by atoms with Crippen LogP contribution in [-0.4, -0.2) is 62.6 Å². The third-order valence-corrected chi connectivity index (χ3v) is 5.98. The predicted molar refractivity (Wildman–Crippen MR) is 144 cm³/mol. The van der Waals surface area contributed by atoms with Gasteiger partial charge in [-0.15, -0.1) is 24.0 Å². The number of halogens is 1. The van der Waals surface area contributed by atoms with Crippen LogP contribution in [-0.2, 0) is 19.6 Å². The van der Waals surface area contributed by atoms with E-state index in [0.717, 1.165) is 63.1 Å². The Balaban J connectivity index is 0.00000363. The molecule has 1 heterocycles. The smallest absolute Gasteiger partial charge is 0.191 e. The van der Waals surface area contributed by atoms with Crippen molar-refractivity contribution in [2.24, 2.45) is 4.99 Å². The van der Waals surface area contributed by atoms with E-state index in [-0.39, 0.29) is 24.0 Å². The number of nitrogens with one attached hydrogen (secondary N) is 2. The van der Waals surface area contributed by atoms with Gasteiger partial charge in [-0.3, -0.25) is 9.89 Å². The monoisotopic (exact) mass is 551 g/mol. The van der Waals surface area contributed by atoms with E-state index < -0.39 is 0 Å². The number of piperazine rings is 1. The van der Waals surface area contributed by atoms with Gasteiger partial charge in [0.2, 0.25) is 0 Å². The van der Waals surface area contributed by atoms with Crippen LogP contribution in [0.4, 0.5) is 0 Å². The summed E-state index contributed by atoms with van der Waals surface area (Å²) in [4.78, 5) is 9.47. The molecular weight excluding hydrogens is 513 g/mol. The van der Waals surface area contributed by atoms with Gasteiger partial charge in [-0.2, -0.15) is 0 Å². The molecule has 2 N–H and O–H groups in total. The molecule has 1 aliphatic heterocycles. The molecule has 1 saturated heterocycles. The SMILES string of the molecule is CCN1CCN(Cc2ccccc2CNC(=NC)NCc2ccc(C)cc2OC)CC1.I. The Bertz CT molecular complexity index is 865. The lowest BCUT2D eigenvalue weighted by atomic mass is 10.1. The van der Waals surface area contributed by atoms with Crippen molar-refractivity contribution in [1.29, 1.82) is 0 Å². The summed E-state index contributed by atoms with van der Waals surface area (Å²) in [5.41, 5.74) is 5.00. The highest BCUT2D eigenvalue weighted by Crippen LogP contribution is 2.19. The zero-order valence-corrected chi connectivity index (χ0v) is 22.2. The van der Waals surface area contributed by atoms with Gasteiger partial charge in [-0.1, -0.05) is 43.3 Å². The van der Waals surface area contributed by atoms with Crippen molar-refractivity contribution in [2.45, 2.75) is 33.5 Å². The van der Waals surface area contributed by atoms with E-state index in [1.165, 1.54) is 16.7 Å². The standard InChI is InChI=1S/C25H37N5O.HI/c1-5-29-12-14-30(15-13-29)19-23-9-7-6-8-21(23)17-27-25(26-3)28-18-22-11-10-20(2)16-24(22)31-4;/h6-11,16H,5,12-15,17-19H2,1-4H3,(H2,26,27,28);1H. The number of hydrogen-bond donors (Lipinski definition) is 2. The Morgan fingerprint density at radius 3 is 2.19 bits per heavy atom. The van der Waals surface area contributed by atoms with Gasteiger partial charge in [0.1, 0.15) is 5.75 Å². The maximum Gasteiger partial charge on any atom is 0.191 e. The quantitative estimate of drug-likeness (QED) is 0.298. The highest BCUT2D eigenvalue weighted by Gasteiger charge is 2.16. The van der Waals surface area contributed by atoms with Gasteiger partial charge in [-0.25, -0.2) is 0 Å². The van der Waals surface area contributed by atoms with E-state index in [1.807, 2.05) is 0 Å². The summed E-state index contributed by atoms with van der Waals surface area (Å²) < 4.78 is 5.52. The fraction of sp³-hybridized carbons (Fsp3) is 0.480.